The highest BCUT2D eigenvalue weighted by atomic mass is 19.3. The number of rotatable bonds is 6. The standard InChI is InChI=1S/C19H22F4N4O5/c1-24-18(29)27-5-4-25(6-7-31-27)16-13(20)8-11(9-14(16)21)26-10-12(32-19(26)30)2-3-15(28)17(22)23/h8-9,12,17H,2-7,10H2,1H3,(H,24,29)/t12-/m0/s1. The number of halogens is 4. The largest absolute Gasteiger partial charge is 0.444 e. The third-order valence-corrected chi connectivity index (χ3v) is 5.08. The number of alkyl halides is 2. The van der Waals surface area contributed by atoms with Crippen molar-refractivity contribution in [1.82, 2.24) is 10.4 Å². The molecule has 9 nitrogen and oxygen atoms in total. The summed E-state index contributed by atoms with van der Waals surface area (Å²) >= 11 is 0. The number of carbonyl (C=O) groups excluding carboxylic acids is 3. The van der Waals surface area contributed by atoms with Gasteiger partial charge in [0, 0.05) is 38.7 Å². The number of ether oxygens (including phenoxy) is 1. The van der Waals surface area contributed by atoms with Crippen LogP contribution in [0, 0.1) is 11.6 Å². The summed E-state index contributed by atoms with van der Waals surface area (Å²) in [5.41, 5.74) is -0.433. The van der Waals surface area contributed by atoms with Crippen molar-refractivity contribution in [2.45, 2.75) is 25.4 Å². The predicted molar refractivity (Wildman–Crippen MR) is 104 cm³/mol. The van der Waals surface area contributed by atoms with E-state index in [1.165, 1.54) is 11.9 Å². The monoisotopic (exact) mass is 462 g/mol. The van der Waals surface area contributed by atoms with Crippen molar-refractivity contribution in [3.8, 4) is 0 Å². The first kappa shape index (κ1) is 23.6. The van der Waals surface area contributed by atoms with Gasteiger partial charge >= 0.3 is 12.1 Å². The molecule has 0 radical (unpaired) electrons. The van der Waals surface area contributed by atoms with Gasteiger partial charge in [-0.1, -0.05) is 0 Å². The van der Waals surface area contributed by atoms with E-state index in [2.05, 4.69) is 5.32 Å². The maximum atomic E-state index is 14.8. The molecule has 13 heteroatoms. The Balaban J connectivity index is 1.70. The molecule has 176 valence electrons. The molecule has 0 aromatic heterocycles. The van der Waals surface area contributed by atoms with Crippen LogP contribution in [0.3, 0.4) is 0 Å². The zero-order valence-electron chi connectivity index (χ0n) is 17.2. The average molecular weight is 462 g/mol. The van der Waals surface area contributed by atoms with Gasteiger partial charge in [0.1, 0.15) is 11.8 Å². The summed E-state index contributed by atoms with van der Waals surface area (Å²) in [5, 5.41) is 3.46. The maximum Gasteiger partial charge on any atom is 0.414 e. The zero-order chi connectivity index (χ0) is 23.4. The van der Waals surface area contributed by atoms with Crippen molar-refractivity contribution in [3.63, 3.8) is 0 Å². The second kappa shape index (κ2) is 10.0. The van der Waals surface area contributed by atoms with E-state index in [1.807, 2.05) is 0 Å². The quantitative estimate of drug-likeness (QED) is 0.653. The third-order valence-electron chi connectivity index (χ3n) is 5.08. The number of anilines is 2. The van der Waals surface area contributed by atoms with Crippen molar-refractivity contribution in [2.75, 3.05) is 49.6 Å². The fraction of sp³-hybridized carbons (Fsp3) is 0.526. The lowest BCUT2D eigenvalue weighted by Gasteiger charge is -2.24. The molecule has 0 unspecified atom stereocenters. The smallest absolute Gasteiger partial charge is 0.414 e. The van der Waals surface area contributed by atoms with Gasteiger partial charge in [-0.3, -0.25) is 14.5 Å². The number of nitrogens with one attached hydrogen (secondary N) is 1. The summed E-state index contributed by atoms with van der Waals surface area (Å²) < 4.78 is 59.4. The lowest BCUT2D eigenvalue weighted by atomic mass is 10.1. The SMILES string of the molecule is CNC(=O)N1CCN(c2c(F)cc(N3C[C@H](CCC(=O)C(F)F)OC3=O)cc2F)CCO1. The van der Waals surface area contributed by atoms with Crippen LogP contribution in [0.25, 0.3) is 0 Å². The number of Topliss-reactive ketones (excluding diaryl/α,β-unsaturated/α-hetero) is 1. The van der Waals surface area contributed by atoms with Crippen LogP contribution < -0.4 is 15.1 Å². The number of hydroxylamine groups is 2. The van der Waals surface area contributed by atoms with Gasteiger partial charge in [0.15, 0.2) is 17.4 Å². The minimum Gasteiger partial charge on any atom is -0.444 e. The number of benzene rings is 1. The second-order valence-corrected chi connectivity index (χ2v) is 7.16. The Kier molecular flexibility index (Phi) is 7.38. The van der Waals surface area contributed by atoms with Crippen LogP contribution in [-0.4, -0.2) is 75.3 Å². The molecule has 0 bridgehead atoms. The molecule has 3 amide bonds. The molecule has 1 aromatic rings. The van der Waals surface area contributed by atoms with Crippen LogP contribution in [0.2, 0.25) is 0 Å². The molecule has 0 spiro atoms. The van der Waals surface area contributed by atoms with Crippen LogP contribution in [-0.2, 0) is 14.4 Å². The summed E-state index contributed by atoms with van der Waals surface area (Å²) in [6.07, 6.45) is -5.45. The Hall–Kier alpha value is -3.09. The van der Waals surface area contributed by atoms with E-state index < -0.39 is 48.5 Å². The van der Waals surface area contributed by atoms with Crippen LogP contribution in [0.4, 0.5) is 38.5 Å². The number of nitrogens with zero attached hydrogens (tertiary/aromatic N) is 3. The lowest BCUT2D eigenvalue weighted by Crippen LogP contribution is -2.39. The van der Waals surface area contributed by atoms with Crippen LogP contribution in [0.15, 0.2) is 12.1 Å². The Morgan fingerprint density at radius 1 is 1.19 bits per heavy atom. The molecule has 2 fully saturated rings. The van der Waals surface area contributed by atoms with E-state index in [4.69, 9.17) is 9.57 Å². The fourth-order valence-corrected chi connectivity index (χ4v) is 3.46. The van der Waals surface area contributed by atoms with Gasteiger partial charge in [0.2, 0.25) is 0 Å². The number of ketones is 1. The Morgan fingerprint density at radius 2 is 1.88 bits per heavy atom. The van der Waals surface area contributed by atoms with Gasteiger partial charge in [-0.25, -0.2) is 32.2 Å². The summed E-state index contributed by atoms with van der Waals surface area (Å²) in [4.78, 5) is 42.5. The van der Waals surface area contributed by atoms with Crippen molar-refractivity contribution >= 4 is 29.3 Å². The molecule has 3 rings (SSSR count). The highest BCUT2D eigenvalue weighted by molar-refractivity contribution is 5.90. The molecule has 0 aliphatic carbocycles. The van der Waals surface area contributed by atoms with E-state index in [-0.39, 0.29) is 50.6 Å². The van der Waals surface area contributed by atoms with Crippen molar-refractivity contribution < 1.29 is 41.5 Å². The van der Waals surface area contributed by atoms with Gasteiger partial charge in [-0.15, -0.1) is 0 Å². The number of carbonyl (C=O) groups is 3. The number of urea groups is 1. The topological polar surface area (TPSA) is 91.4 Å². The minimum absolute atomic E-state index is 0.0194. The molecule has 32 heavy (non-hydrogen) atoms. The molecule has 2 saturated heterocycles. The molecule has 1 atom stereocenters. The fourth-order valence-electron chi connectivity index (χ4n) is 3.46. The van der Waals surface area contributed by atoms with Gasteiger partial charge < -0.3 is 15.0 Å². The van der Waals surface area contributed by atoms with Crippen LogP contribution in [0.5, 0.6) is 0 Å². The summed E-state index contributed by atoms with van der Waals surface area (Å²) in [6.45, 7) is 0.175. The van der Waals surface area contributed by atoms with Gasteiger partial charge in [0.05, 0.1) is 25.4 Å². The minimum atomic E-state index is -3.10. The first-order valence-corrected chi connectivity index (χ1v) is 9.86. The number of hydrogen-bond acceptors (Lipinski definition) is 6. The first-order chi connectivity index (χ1) is 15.2. The van der Waals surface area contributed by atoms with Crippen LogP contribution in [0.1, 0.15) is 12.8 Å². The summed E-state index contributed by atoms with van der Waals surface area (Å²) in [6, 6.07) is 1.45. The van der Waals surface area contributed by atoms with Crippen molar-refractivity contribution in [2.24, 2.45) is 0 Å². The molecule has 1 aromatic carbocycles. The zero-order valence-corrected chi connectivity index (χ0v) is 17.2. The van der Waals surface area contributed by atoms with Crippen LogP contribution >= 0.6 is 0 Å². The number of amides is 3. The Labute approximate surface area is 180 Å². The van der Waals surface area contributed by atoms with Crippen molar-refractivity contribution in [3.05, 3.63) is 23.8 Å². The maximum absolute atomic E-state index is 14.8. The van der Waals surface area contributed by atoms with Gasteiger partial charge in [-0.2, -0.15) is 0 Å². The normalized spacial score (nSPS) is 19.2. The molecule has 2 aliphatic heterocycles. The molecule has 2 heterocycles. The van der Waals surface area contributed by atoms with E-state index >= 15 is 0 Å². The second-order valence-electron chi connectivity index (χ2n) is 7.16. The lowest BCUT2D eigenvalue weighted by molar-refractivity contribution is -0.129. The number of hydrogen-bond donors (Lipinski definition) is 1. The summed E-state index contributed by atoms with van der Waals surface area (Å²) in [7, 11) is 1.43. The number of cyclic esters (lactones) is 1. The average Bonchev–Trinajstić information content (AvgIpc) is 2.95. The first-order valence-electron chi connectivity index (χ1n) is 9.86. The highest BCUT2D eigenvalue weighted by Crippen LogP contribution is 2.32. The van der Waals surface area contributed by atoms with Crippen molar-refractivity contribution in [1.29, 1.82) is 0 Å². The molecule has 2 aliphatic rings. The summed E-state index contributed by atoms with van der Waals surface area (Å²) in [5.74, 6) is -3.13. The Morgan fingerprint density at radius 3 is 2.50 bits per heavy atom. The van der Waals surface area contributed by atoms with E-state index in [0.717, 1.165) is 22.1 Å². The molecular formula is C19H22F4N4O5. The van der Waals surface area contributed by atoms with E-state index in [0.29, 0.717) is 0 Å². The highest BCUT2D eigenvalue weighted by Gasteiger charge is 2.34. The third kappa shape index (κ3) is 5.21. The van der Waals surface area contributed by atoms with Gasteiger partial charge in [0.25, 0.3) is 6.43 Å². The van der Waals surface area contributed by atoms with E-state index in [9.17, 15) is 31.9 Å². The molecule has 0 saturated carbocycles. The van der Waals surface area contributed by atoms with E-state index in [1.54, 1.807) is 0 Å². The molecule has 1 N–H and O–H groups in total. The van der Waals surface area contributed by atoms with Gasteiger partial charge in [-0.05, 0) is 6.42 Å². The Bertz CT molecular complexity index is 864. The molecular weight excluding hydrogens is 440 g/mol. The predicted octanol–water partition coefficient (Wildman–Crippen LogP) is 2.30.